The molecule has 3 fully saturated rings. The molecule has 1 saturated heterocycles. The molecule has 244 valence electrons. The minimum Gasteiger partial charge on any atom is -0.336 e. The van der Waals surface area contributed by atoms with Crippen LogP contribution in [0.4, 0.5) is 39.5 Å². The summed E-state index contributed by atoms with van der Waals surface area (Å²) in [7, 11) is -4.12. The number of likely N-dealkylation sites (tertiary alicyclic amines) is 1. The first-order valence-electron chi connectivity index (χ1n) is 13.2. The number of carbonyl (C=O) groups is 2. The maximum Gasteiger partial charge on any atom is 0.435 e. The number of benzene rings is 1. The molecule has 2 aliphatic carbocycles. The Bertz CT molecular complexity index is 1720. The van der Waals surface area contributed by atoms with Crippen LogP contribution in [0.1, 0.15) is 43.4 Å². The van der Waals surface area contributed by atoms with E-state index in [1.54, 1.807) is 0 Å². The molecule has 0 bridgehead atoms. The van der Waals surface area contributed by atoms with Gasteiger partial charge in [-0.25, -0.2) is 8.42 Å². The highest BCUT2D eigenvalue weighted by Gasteiger charge is 2.70. The number of rotatable bonds is 6. The topological polar surface area (TPSA) is 125 Å². The molecule has 1 aromatic heterocycles. The summed E-state index contributed by atoms with van der Waals surface area (Å²) in [4.78, 5) is 25.4. The molecule has 2 heterocycles. The van der Waals surface area contributed by atoms with Crippen LogP contribution in [-0.4, -0.2) is 64.5 Å². The van der Waals surface area contributed by atoms with Gasteiger partial charge in [0, 0.05) is 19.2 Å². The third-order valence-corrected chi connectivity index (χ3v) is 10.5. The highest BCUT2D eigenvalue weighted by Crippen LogP contribution is 2.59. The molecule has 19 heteroatoms. The van der Waals surface area contributed by atoms with Crippen molar-refractivity contribution >= 4 is 21.7 Å². The first-order valence-corrected chi connectivity index (χ1v) is 14.8. The van der Waals surface area contributed by atoms with Crippen LogP contribution < -0.4 is 5.32 Å². The van der Waals surface area contributed by atoms with Gasteiger partial charge in [0.15, 0.2) is 15.5 Å². The van der Waals surface area contributed by atoms with Gasteiger partial charge < -0.3 is 10.2 Å². The first-order chi connectivity index (χ1) is 20.6. The SMILES string of the molecule is Cn1nc(C(F)(F)F)cc1-c1ccc(S(=O)(=O)C2C[C@@H](C(=O)NC3(C#N)CC3)N(C(=O)C3(C(F)(F)F)CC3)C2)c(C(F)(F)F)c1. The molecule has 45 heavy (non-hydrogen) atoms. The molecule has 2 saturated carbocycles. The van der Waals surface area contributed by atoms with Gasteiger partial charge in [-0.15, -0.1) is 0 Å². The molecule has 1 N–H and O–H groups in total. The second-order valence-corrected chi connectivity index (χ2v) is 13.6. The third-order valence-electron chi connectivity index (χ3n) is 8.35. The molecule has 1 unspecified atom stereocenters. The van der Waals surface area contributed by atoms with E-state index < -0.39 is 116 Å². The average molecular weight is 672 g/mol. The highest BCUT2D eigenvalue weighted by atomic mass is 32.2. The maximum atomic E-state index is 14.2. The van der Waals surface area contributed by atoms with Crippen LogP contribution in [0.3, 0.4) is 0 Å². The Hall–Kier alpha value is -3.82. The number of amides is 2. The lowest BCUT2D eigenvalue weighted by atomic mass is 10.0. The number of alkyl halides is 9. The average Bonchev–Trinajstić information content (AvgIpc) is 3.81. The Labute approximate surface area is 248 Å². The predicted molar refractivity (Wildman–Crippen MR) is 133 cm³/mol. The van der Waals surface area contributed by atoms with E-state index in [4.69, 9.17) is 0 Å². The second kappa shape index (κ2) is 10.1. The number of halogens is 9. The van der Waals surface area contributed by atoms with Gasteiger partial charge >= 0.3 is 18.5 Å². The summed E-state index contributed by atoms with van der Waals surface area (Å²) < 4.78 is 152. The van der Waals surface area contributed by atoms with Crippen molar-refractivity contribution in [2.75, 3.05) is 6.54 Å². The van der Waals surface area contributed by atoms with Crippen molar-refractivity contribution in [3.63, 3.8) is 0 Å². The van der Waals surface area contributed by atoms with Crippen molar-refractivity contribution in [2.45, 2.75) is 72.4 Å². The standard InChI is InChI=1S/C26H22F9N5O4S/c1-39-16(10-19(38-39)25(30,31)32)13-2-3-18(15(8-13)24(27,28)29)45(43,44)14-9-17(20(41)37-22(12-36)4-5-22)40(11-14)21(42)23(6-7-23)26(33,34)35/h2-3,8,10,14,17H,4-7,9,11H2,1H3,(H,37,41)/t14?,17-/m0/s1. The number of aromatic nitrogens is 2. The Morgan fingerprint density at radius 3 is 2.09 bits per heavy atom. The van der Waals surface area contributed by atoms with Gasteiger partial charge in [0.05, 0.1) is 27.5 Å². The quantitative estimate of drug-likeness (QED) is 0.455. The molecule has 2 aromatic rings. The fraction of sp³-hybridized carbons (Fsp3) is 0.538. The number of nitrogens with zero attached hydrogens (tertiary/aromatic N) is 4. The van der Waals surface area contributed by atoms with E-state index >= 15 is 0 Å². The zero-order valence-electron chi connectivity index (χ0n) is 22.9. The molecule has 0 radical (unpaired) electrons. The summed E-state index contributed by atoms with van der Waals surface area (Å²) in [5.74, 6) is -2.72. The lowest BCUT2D eigenvalue weighted by Crippen LogP contribution is -2.53. The Kier molecular flexibility index (Phi) is 7.30. The normalized spacial score (nSPS) is 22.6. The monoisotopic (exact) mass is 671 g/mol. The van der Waals surface area contributed by atoms with Gasteiger partial charge in [0.25, 0.3) is 0 Å². The minimum absolute atomic E-state index is 0.187. The number of nitrogens with one attached hydrogen (secondary N) is 1. The summed E-state index contributed by atoms with van der Waals surface area (Å²) in [6, 6.07) is 2.06. The van der Waals surface area contributed by atoms with Crippen LogP contribution in [0.15, 0.2) is 29.2 Å². The van der Waals surface area contributed by atoms with Crippen LogP contribution in [0.5, 0.6) is 0 Å². The van der Waals surface area contributed by atoms with E-state index in [0.29, 0.717) is 27.8 Å². The lowest BCUT2D eigenvalue weighted by Gasteiger charge is -2.29. The van der Waals surface area contributed by atoms with Crippen molar-refractivity contribution in [1.82, 2.24) is 20.0 Å². The summed E-state index contributed by atoms with van der Waals surface area (Å²) >= 11 is 0. The van der Waals surface area contributed by atoms with Gasteiger partial charge in [-0.1, -0.05) is 6.07 Å². The molecule has 2 amide bonds. The number of hydrogen-bond acceptors (Lipinski definition) is 6. The van der Waals surface area contributed by atoms with Gasteiger partial charge in [0.1, 0.15) is 17.0 Å². The van der Waals surface area contributed by atoms with Gasteiger partial charge in [-0.3, -0.25) is 14.3 Å². The zero-order chi connectivity index (χ0) is 33.5. The highest BCUT2D eigenvalue weighted by molar-refractivity contribution is 7.92. The molecular formula is C26H22F9N5O4S. The largest absolute Gasteiger partial charge is 0.435 e. The molecule has 9 nitrogen and oxygen atoms in total. The van der Waals surface area contributed by atoms with E-state index in [1.807, 2.05) is 6.07 Å². The van der Waals surface area contributed by atoms with Crippen LogP contribution in [-0.2, 0) is 38.8 Å². The Balaban J connectivity index is 1.53. The number of nitriles is 1. The summed E-state index contributed by atoms with van der Waals surface area (Å²) in [6.07, 6.45) is -17.1. The molecule has 1 aliphatic heterocycles. The number of carbonyl (C=O) groups excluding carboxylic acids is 2. The van der Waals surface area contributed by atoms with Gasteiger partial charge in [-0.05, 0) is 50.3 Å². The minimum atomic E-state index is -5.38. The summed E-state index contributed by atoms with van der Waals surface area (Å²) in [5, 5.41) is 12.9. The third kappa shape index (κ3) is 5.61. The van der Waals surface area contributed by atoms with E-state index in [-0.39, 0.29) is 12.8 Å². The summed E-state index contributed by atoms with van der Waals surface area (Å²) in [5.41, 5.74) is -8.34. The summed E-state index contributed by atoms with van der Waals surface area (Å²) in [6.45, 7) is -1.05. The van der Waals surface area contributed by atoms with Gasteiger partial charge in [0.2, 0.25) is 11.8 Å². The van der Waals surface area contributed by atoms with Gasteiger partial charge in [-0.2, -0.15) is 49.9 Å². The lowest BCUT2D eigenvalue weighted by molar-refractivity contribution is -0.199. The van der Waals surface area contributed by atoms with Crippen molar-refractivity contribution < 1.29 is 57.5 Å². The van der Waals surface area contributed by atoms with E-state index in [9.17, 15) is 62.8 Å². The van der Waals surface area contributed by atoms with Crippen molar-refractivity contribution in [2.24, 2.45) is 12.5 Å². The number of hydrogen-bond donors (Lipinski definition) is 1. The van der Waals surface area contributed by atoms with E-state index in [0.717, 1.165) is 13.1 Å². The van der Waals surface area contributed by atoms with Crippen LogP contribution in [0, 0.1) is 16.7 Å². The smallest absolute Gasteiger partial charge is 0.336 e. The van der Waals surface area contributed by atoms with E-state index in [1.165, 1.54) is 0 Å². The molecule has 3 aliphatic rings. The molecule has 2 atom stereocenters. The Morgan fingerprint density at radius 1 is 1.00 bits per heavy atom. The molecule has 0 spiro atoms. The van der Waals surface area contributed by atoms with E-state index in [2.05, 4.69) is 10.4 Å². The maximum absolute atomic E-state index is 14.2. The molecule has 1 aromatic carbocycles. The van der Waals surface area contributed by atoms with Crippen LogP contribution in [0.2, 0.25) is 0 Å². The fourth-order valence-electron chi connectivity index (χ4n) is 5.44. The Morgan fingerprint density at radius 2 is 1.62 bits per heavy atom. The second-order valence-electron chi connectivity index (χ2n) is 11.4. The molecule has 5 rings (SSSR count). The fourth-order valence-corrected chi connectivity index (χ4v) is 7.33. The number of sulfone groups is 1. The van der Waals surface area contributed by atoms with Crippen molar-refractivity contribution in [3.8, 4) is 17.3 Å². The van der Waals surface area contributed by atoms with Crippen LogP contribution in [0.25, 0.3) is 11.3 Å². The zero-order valence-corrected chi connectivity index (χ0v) is 23.8. The predicted octanol–water partition coefficient (Wildman–Crippen LogP) is 4.38. The van der Waals surface area contributed by atoms with Crippen LogP contribution >= 0.6 is 0 Å². The van der Waals surface area contributed by atoms with Crippen molar-refractivity contribution in [3.05, 3.63) is 35.5 Å². The van der Waals surface area contributed by atoms with Crippen molar-refractivity contribution in [1.29, 1.82) is 5.26 Å². The number of aryl methyl sites for hydroxylation is 1. The molecular weight excluding hydrogens is 649 g/mol. The first kappa shape index (κ1) is 32.6.